The number of nitrogens with one attached hydrogen (secondary N) is 1. The number of hydrogen-bond acceptors (Lipinski definition) is 7. The molecule has 11 heteroatoms. The molecule has 3 heterocycles. The molecule has 0 radical (unpaired) electrons. The molecule has 0 bridgehead atoms. The fraction of sp³-hybridized carbons (Fsp3) is 0.381. The summed E-state index contributed by atoms with van der Waals surface area (Å²) in [6.07, 6.45) is 6.35. The van der Waals surface area contributed by atoms with Crippen molar-refractivity contribution in [1.82, 2.24) is 18.8 Å². The summed E-state index contributed by atoms with van der Waals surface area (Å²) in [5.41, 5.74) is 2.82. The smallest absolute Gasteiger partial charge is 0.254 e. The average Bonchev–Trinajstić information content (AvgIpc) is 3.52. The molecule has 3 aromatic rings. The van der Waals surface area contributed by atoms with Gasteiger partial charge < -0.3 is 14.6 Å². The molecule has 1 unspecified atom stereocenters. The lowest BCUT2D eigenvalue weighted by Gasteiger charge is -2.25. The third-order valence-electron chi connectivity index (χ3n) is 5.38. The van der Waals surface area contributed by atoms with Gasteiger partial charge in [-0.2, -0.15) is 4.31 Å². The van der Waals surface area contributed by atoms with Crippen LogP contribution in [0, 0.1) is 0 Å². The first-order chi connectivity index (χ1) is 15.4. The van der Waals surface area contributed by atoms with E-state index >= 15 is 0 Å². The number of methoxy groups -OCH3 is 1. The van der Waals surface area contributed by atoms with Crippen LogP contribution in [0.2, 0.25) is 0 Å². The van der Waals surface area contributed by atoms with E-state index in [1.165, 1.54) is 13.1 Å². The quantitative estimate of drug-likeness (QED) is 0.536. The molecule has 1 aliphatic heterocycles. The molecule has 9 nitrogen and oxygen atoms in total. The average molecular weight is 476 g/mol. The fourth-order valence-corrected chi connectivity index (χ4v) is 6.86. The van der Waals surface area contributed by atoms with Crippen molar-refractivity contribution in [3.05, 3.63) is 48.5 Å². The van der Waals surface area contributed by atoms with Crippen molar-refractivity contribution in [2.75, 3.05) is 25.6 Å². The Morgan fingerprint density at radius 2 is 2.12 bits per heavy atom. The third-order valence-corrected chi connectivity index (χ3v) is 8.64. The van der Waals surface area contributed by atoms with Gasteiger partial charge in [0.25, 0.3) is 10.0 Å². The Kier molecular flexibility index (Phi) is 6.70. The number of nitrogens with zero attached hydrogens (tertiary/aromatic N) is 4. The normalized spacial score (nSPS) is 17.0. The van der Waals surface area contributed by atoms with Crippen LogP contribution in [0.4, 0.5) is 5.13 Å². The molecule has 0 spiro atoms. The Hall–Kier alpha value is -2.60. The van der Waals surface area contributed by atoms with E-state index in [9.17, 15) is 13.2 Å². The van der Waals surface area contributed by atoms with Gasteiger partial charge in [0.15, 0.2) is 9.34 Å². The zero-order valence-corrected chi connectivity index (χ0v) is 19.5. The number of anilines is 1. The molecule has 32 heavy (non-hydrogen) atoms. The molecule has 1 atom stereocenters. The lowest BCUT2D eigenvalue weighted by atomic mass is 9.97. The molecule has 1 N–H and O–H groups in total. The Morgan fingerprint density at radius 3 is 2.91 bits per heavy atom. The number of ether oxygens (including phenoxy) is 1. The number of sulfonamides is 1. The van der Waals surface area contributed by atoms with E-state index in [0.717, 1.165) is 41.0 Å². The summed E-state index contributed by atoms with van der Waals surface area (Å²) in [6.45, 7) is 3.00. The second-order valence-electron chi connectivity index (χ2n) is 7.49. The van der Waals surface area contributed by atoms with Gasteiger partial charge in [-0.05, 0) is 18.4 Å². The van der Waals surface area contributed by atoms with Crippen LogP contribution in [0.25, 0.3) is 11.3 Å². The van der Waals surface area contributed by atoms with Gasteiger partial charge in [0.1, 0.15) is 0 Å². The van der Waals surface area contributed by atoms with E-state index < -0.39 is 10.0 Å². The number of carbonyl (C=O) groups excluding carboxylic acids is 1. The third kappa shape index (κ3) is 4.46. The molecule has 1 aromatic carbocycles. The number of carbonyl (C=O) groups is 1. The van der Waals surface area contributed by atoms with E-state index in [2.05, 4.69) is 15.3 Å². The van der Waals surface area contributed by atoms with Crippen molar-refractivity contribution in [3.63, 3.8) is 0 Å². The van der Waals surface area contributed by atoms with Crippen molar-refractivity contribution >= 4 is 32.4 Å². The fourth-order valence-electron chi connectivity index (χ4n) is 3.97. The minimum absolute atomic E-state index is 0.121. The number of thiazole rings is 1. The molecule has 1 amide bonds. The first-order valence-corrected chi connectivity index (χ1v) is 12.5. The molecule has 1 saturated heterocycles. The highest BCUT2D eigenvalue weighted by molar-refractivity contribution is 7.91. The van der Waals surface area contributed by atoms with Crippen molar-refractivity contribution in [2.24, 2.45) is 0 Å². The molecule has 0 saturated carbocycles. The van der Waals surface area contributed by atoms with Crippen LogP contribution in [0.3, 0.4) is 0 Å². The summed E-state index contributed by atoms with van der Waals surface area (Å²) in [5, 5.41) is 2.82. The van der Waals surface area contributed by atoms with Crippen molar-refractivity contribution in [1.29, 1.82) is 0 Å². The van der Waals surface area contributed by atoms with Gasteiger partial charge in [0.05, 0.1) is 37.1 Å². The zero-order valence-electron chi connectivity index (χ0n) is 17.9. The highest BCUT2D eigenvalue weighted by atomic mass is 32.2. The lowest BCUT2D eigenvalue weighted by Crippen LogP contribution is -2.30. The number of amides is 1. The van der Waals surface area contributed by atoms with E-state index in [4.69, 9.17) is 4.74 Å². The number of rotatable bonds is 8. The van der Waals surface area contributed by atoms with Crippen LogP contribution in [0.1, 0.15) is 31.4 Å². The number of benzene rings is 1. The van der Waals surface area contributed by atoms with Gasteiger partial charge in [0, 0.05) is 32.7 Å². The standard InChI is InChI=1S/C21H25N5O4S2/c1-15(27)24-21-23-13-20(31-21)32(28,29)26-9-5-8-18(26)16-6-3-4-7-17(16)19-12-22-14-25(19)10-11-30-2/h3-4,6-7,12-14,18H,5,8-11H2,1-2H3,(H,23,24,27). The van der Waals surface area contributed by atoms with E-state index in [1.807, 2.05) is 28.8 Å². The molecular formula is C21H25N5O4S2. The maximum atomic E-state index is 13.5. The topological polar surface area (TPSA) is 106 Å². The van der Waals surface area contributed by atoms with Gasteiger partial charge >= 0.3 is 0 Å². The van der Waals surface area contributed by atoms with Crippen molar-refractivity contribution < 1.29 is 17.9 Å². The van der Waals surface area contributed by atoms with Crippen molar-refractivity contribution in [2.45, 2.75) is 36.6 Å². The molecule has 4 rings (SSSR count). The highest BCUT2D eigenvalue weighted by Crippen LogP contribution is 2.41. The number of hydrogen-bond donors (Lipinski definition) is 1. The van der Waals surface area contributed by atoms with Gasteiger partial charge in [-0.1, -0.05) is 35.6 Å². The minimum Gasteiger partial charge on any atom is -0.383 e. The molecule has 170 valence electrons. The van der Waals surface area contributed by atoms with Crippen LogP contribution in [-0.4, -0.2) is 53.4 Å². The molecular weight excluding hydrogens is 450 g/mol. The second kappa shape index (κ2) is 9.49. The van der Waals surface area contributed by atoms with Gasteiger partial charge in [-0.15, -0.1) is 0 Å². The Balaban J connectivity index is 1.68. The van der Waals surface area contributed by atoms with Crippen LogP contribution in [0.15, 0.2) is 47.2 Å². The van der Waals surface area contributed by atoms with Crippen LogP contribution >= 0.6 is 11.3 Å². The zero-order chi connectivity index (χ0) is 22.7. The lowest BCUT2D eigenvalue weighted by molar-refractivity contribution is -0.114. The predicted octanol–water partition coefficient (Wildman–Crippen LogP) is 3.14. The summed E-state index contributed by atoms with van der Waals surface area (Å²) in [6, 6.07) is 7.56. The van der Waals surface area contributed by atoms with Crippen LogP contribution in [-0.2, 0) is 26.1 Å². The monoisotopic (exact) mass is 475 g/mol. The molecule has 1 fully saturated rings. The van der Waals surface area contributed by atoms with E-state index in [0.29, 0.717) is 19.7 Å². The van der Waals surface area contributed by atoms with Crippen molar-refractivity contribution in [3.8, 4) is 11.3 Å². The predicted molar refractivity (Wildman–Crippen MR) is 122 cm³/mol. The molecule has 2 aromatic heterocycles. The van der Waals surface area contributed by atoms with E-state index in [1.54, 1.807) is 23.9 Å². The second-order valence-corrected chi connectivity index (χ2v) is 10.6. The Labute approximate surface area is 191 Å². The van der Waals surface area contributed by atoms with Gasteiger partial charge in [-0.3, -0.25) is 4.79 Å². The Morgan fingerprint density at radius 1 is 1.31 bits per heavy atom. The maximum Gasteiger partial charge on any atom is 0.254 e. The minimum atomic E-state index is -3.77. The van der Waals surface area contributed by atoms with Crippen LogP contribution < -0.4 is 5.32 Å². The summed E-state index contributed by atoms with van der Waals surface area (Å²) in [7, 11) is -2.11. The first-order valence-electron chi connectivity index (χ1n) is 10.3. The number of aromatic nitrogens is 3. The van der Waals surface area contributed by atoms with Crippen LogP contribution in [0.5, 0.6) is 0 Å². The van der Waals surface area contributed by atoms with E-state index in [-0.39, 0.29) is 21.3 Å². The largest absolute Gasteiger partial charge is 0.383 e. The van der Waals surface area contributed by atoms with Gasteiger partial charge in [0.2, 0.25) is 5.91 Å². The SMILES string of the molecule is COCCn1cncc1-c1ccccc1C1CCCN1S(=O)(=O)c1cnc(NC(C)=O)s1. The first kappa shape index (κ1) is 22.6. The maximum absolute atomic E-state index is 13.5. The molecule has 1 aliphatic rings. The molecule has 0 aliphatic carbocycles. The van der Waals surface area contributed by atoms with Gasteiger partial charge in [-0.25, -0.2) is 18.4 Å². The summed E-state index contributed by atoms with van der Waals surface area (Å²) < 4.78 is 35.8. The summed E-state index contributed by atoms with van der Waals surface area (Å²) >= 11 is 0.965. The summed E-state index contributed by atoms with van der Waals surface area (Å²) in [4.78, 5) is 19.6. The summed E-state index contributed by atoms with van der Waals surface area (Å²) in [5.74, 6) is -0.290. The Bertz CT molecular complexity index is 1200. The number of imidazole rings is 1. The highest BCUT2D eigenvalue weighted by Gasteiger charge is 2.38.